The molecule has 0 aliphatic heterocycles. The lowest BCUT2D eigenvalue weighted by Gasteiger charge is -2.01. The van der Waals surface area contributed by atoms with Gasteiger partial charge in [0, 0.05) is 37.3 Å². The fraction of sp³-hybridized carbons (Fsp3) is 0.364. The number of hydrogen-bond donors (Lipinski definition) is 2. The van der Waals surface area contributed by atoms with Gasteiger partial charge in [0.05, 0.1) is 5.69 Å². The number of aromatic nitrogens is 3. The summed E-state index contributed by atoms with van der Waals surface area (Å²) in [6.07, 6.45) is 1.89. The van der Waals surface area contributed by atoms with Crippen molar-refractivity contribution in [2.75, 3.05) is 0 Å². The molecular weight excluding hydrogens is 250 g/mol. The minimum atomic E-state index is -0.186. The summed E-state index contributed by atoms with van der Waals surface area (Å²) in [5.74, 6) is -0.186. The van der Waals surface area contributed by atoms with Crippen LogP contribution >= 0.6 is 11.3 Å². The monoisotopic (exact) mass is 265 g/mol. The Morgan fingerprint density at radius 1 is 1.61 bits per heavy atom. The number of aryl methyl sites for hydroxylation is 2. The van der Waals surface area contributed by atoms with Crippen LogP contribution < -0.4 is 11.1 Å². The number of rotatable bonds is 4. The second kappa shape index (κ2) is 5.28. The Kier molecular flexibility index (Phi) is 3.73. The molecule has 0 unspecified atom stereocenters. The summed E-state index contributed by atoms with van der Waals surface area (Å²) >= 11 is 1.39. The number of carbonyl (C=O) groups excluding carboxylic acids is 1. The third-order valence-corrected chi connectivity index (χ3v) is 3.38. The van der Waals surface area contributed by atoms with Crippen molar-refractivity contribution < 1.29 is 4.79 Å². The van der Waals surface area contributed by atoms with Crippen LogP contribution in [0, 0.1) is 6.92 Å². The molecule has 2 aromatic rings. The van der Waals surface area contributed by atoms with Crippen molar-refractivity contribution in [3.8, 4) is 0 Å². The number of thiazole rings is 1. The van der Waals surface area contributed by atoms with Crippen LogP contribution in [0.2, 0.25) is 0 Å². The number of nitrogens with one attached hydrogen (secondary N) is 1. The smallest absolute Gasteiger partial charge is 0.271 e. The van der Waals surface area contributed by atoms with E-state index in [-0.39, 0.29) is 5.91 Å². The third kappa shape index (κ3) is 2.74. The zero-order valence-electron chi connectivity index (χ0n) is 10.3. The van der Waals surface area contributed by atoms with E-state index in [1.54, 1.807) is 10.1 Å². The van der Waals surface area contributed by atoms with Gasteiger partial charge in [0.25, 0.3) is 5.91 Å². The quantitative estimate of drug-likeness (QED) is 0.846. The molecule has 3 N–H and O–H groups in total. The number of amides is 1. The van der Waals surface area contributed by atoms with Gasteiger partial charge in [0.2, 0.25) is 0 Å². The van der Waals surface area contributed by atoms with E-state index in [2.05, 4.69) is 15.4 Å². The summed E-state index contributed by atoms with van der Waals surface area (Å²) in [5.41, 5.74) is 7.79. The average molecular weight is 265 g/mol. The summed E-state index contributed by atoms with van der Waals surface area (Å²) in [6, 6.07) is 0. The van der Waals surface area contributed by atoms with Crippen molar-refractivity contribution in [2.45, 2.75) is 20.0 Å². The molecule has 0 fully saturated rings. The Hall–Kier alpha value is -1.73. The molecule has 18 heavy (non-hydrogen) atoms. The summed E-state index contributed by atoms with van der Waals surface area (Å²) in [6.45, 7) is 2.73. The second-order valence-corrected chi connectivity index (χ2v) is 4.87. The largest absolute Gasteiger partial charge is 0.346 e. The van der Waals surface area contributed by atoms with Gasteiger partial charge in [0.1, 0.15) is 10.7 Å². The molecule has 2 rings (SSSR count). The Bertz CT molecular complexity index is 560. The van der Waals surface area contributed by atoms with Gasteiger partial charge in [-0.15, -0.1) is 11.3 Å². The van der Waals surface area contributed by atoms with Crippen LogP contribution in [0.25, 0.3) is 0 Å². The molecule has 0 aromatic carbocycles. The van der Waals surface area contributed by atoms with Crippen molar-refractivity contribution in [3.05, 3.63) is 33.5 Å². The number of carbonyl (C=O) groups is 1. The zero-order valence-corrected chi connectivity index (χ0v) is 11.1. The highest BCUT2D eigenvalue weighted by Crippen LogP contribution is 2.09. The molecule has 0 bridgehead atoms. The minimum Gasteiger partial charge on any atom is -0.346 e. The normalized spacial score (nSPS) is 10.6. The van der Waals surface area contributed by atoms with E-state index in [0.717, 1.165) is 16.3 Å². The van der Waals surface area contributed by atoms with Gasteiger partial charge in [-0.2, -0.15) is 5.10 Å². The SMILES string of the molecule is Cc1nn(C)cc1CNC(=O)c1csc(CN)n1. The maximum atomic E-state index is 11.8. The van der Waals surface area contributed by atoms with Gasteiger partial charge in [-0.3, -0.25) is 9.48 Å². The van der Waals surface area contributed by atoms with Gasteiger partial charge < -0.3 is 11.1 Å². The third-order valence-electron chi connectivity index (χ3n) is 2.51. The highest BCUT2D eigenvalue weighted by Gasteiger charge is 2.11. The van der Waals surface area contributed by atoms with Crippen molar-refractivity contribution >= 4 is 17.2 Å². The maximum absolute atomic E-state index is 11.8. The van der Waals surface area contributed by atoms with Crippen molar-refractivity contribution in [1.82, 2.24) is 20.1 Å². The molecule has 0 atom stereocenters. The minimum absolute atomic E-state index is 0.186. The van der Waals surface area contributed by atoms with E-state index in [4.69, 9.17) is 5.73 Å². The molecule has 0 aliphatic rings. The summed E-state index contributed by atoms with van der Waals surface area (Å²) < 4.78 is 1.73. The van der Waals surface area contributed by atoms with Gasteiger partial charge in [-0.25, -0.2) is 4.98 Å². The molecule has 0 spiro atoms. The number of nitrogens with zero attached hydrogens (tertiary/aromatic N) is 3. The predicted molar refractivity (Wildman–Crippen MR) is 69.1 cm³/mol. The van der Waals surface area contributed by atoms with E-state index in [0.29, 0.717) is 18.8 Å². The molecule has 1 amide bonds. The number of nitrogens with two attached hydrogens (primary N) is 1. The van der Waals surface area contributed by atoms with Gasteiger partial charge in [0.15, 0.2) is 0 Å². The van der Waals surface area contributed by atoms with Crippen LogP contribution in [0.15, 0.2) is 11.6 Å². The van der Waals surface area contributed by atoms with Gasteiger partial charge >= 0.3 is 0 Å². The van der Waals surface area contributed by atoms with E-state index in [1.165, 1.54) is 11.3 Å². The van der Waals surface area contributed by atoms with Crippen LogP contribution in [0.4, 0.5) is 0 Å². The fourth-order valence-electron chi connectivity index (χ4n) is 1.60. The van der Waals surface area contributed by atoms with E-state index in [9.17, 15) is 4.79 Å². The molecular formula is C11H15N5OS. The zero-order chi connectivity index (χ0) is 13.1. The topological polar surface area (TPSA) is 85.8 Å². The van der Waals surface area contributed by atoms with Crippen molar-refractivity contribution in [3.63, 3.8) is 0 Å². The van der Waals surface area contributed by atoms with Crippen LogP contribution in [-0.4, -0.2) is 20.7 Å². The van der Waals surface area contributed by atoms with Crippen molar-refractivity contribution in [1.29, 1.82) is 0 Å². The lowest BCUT2D eigenvalue weighted by molar-refractivity contribution is 0.0946. The molecule has 2 aromatic heterocycles. The molecule has 7 heteroatoms. The Morgan fingerprint density at radius 3 is 2.94 bits per heavy atom. The first kappa shape index (κ1) is 12.7. The Morgan fingerprint density at radius 2 is 2.39 bits per heavy atom. The summed E-state index contributed by atoms with van der Waals surface area (Å²) in [4.78, 5) is 16.0. The molecule has 6 nitrogen and oxygen atoms in total. The standard InChI is InChI=1S/C11H15N5OS/c1-7-8(5-16(2)15-7)4-13-11(17)9-6-18-10(3-12)14-9/h5-6H,3-4,12H2,1-2H3,(H,13,17). The highest BCUT2D eigenvalue weighted by atomic mass is 32.1. The van der Waals surface area contributed by atoms with E-state index < -0.39 is 0 Å². The highest BCUT2D eigenvalue weighted by molar-refractivity contribution is 7.09. The molecule has 0 aliphatic carbocycles. The average Bonchev–Trinajstić information content (AvgIpc) is 2.93. The van der Waals surface area contributed by atoms with Gasteiger partial charge in [-0.1, -0.05) is 0 Å². The molecule has 0 saturated carbocycles. The van der Waals surface area contributed by atoms with Crippen LogP contribution in [0.1, 0.15) is 26.8 Å². The summed E-state index contributed by atoms with van der Waals surface area (Å²) in [5, 5.41) is 9.51. The van der Waals surface area contributed by atoms with Gasteiger partial charge in [-0.05, 0) is 6.92 Å². The Balaban J connectivity index is 1.98. The molecule has 0 radical (unpaired) electrons. The van der Waals surface area contributed by atoms with Crippen LogP contribution in [-0.2, 0) is 20.1 Å². The predicted octanol–water partition coefficient (Wildman–Crippen LogP) is 0.574. The lowest BCUT2D eigenvalue weighted by atomic mass is 10.2. The fourth-order valence-corrected chi connectivity index (χ4v) is 2.25. The molecule has 96 valence electrons. The Labute approximate surface area is 109 Å². The van der Waals surface area contributed by atoms with Crippen molar-refractivity contribution in [2.24, 2.45) is 12.8 Å². The molecule has 0 saturated heterocycles. The second-order valence-electron chi connectivity index (χ2n) is 3.93. The first-order chi connectivity index (χ1) is 8.60. The molecule has 2 heterocycles. The van der Waals surface area contributed by atoms with Crippen LogP contribution in [0.5, 0.6) is 0 Å². The van der Waals surface area contributed by atoms with E-state index >= 15 is 0 Å². The lowest BCUT2D eigenvalue weighted by Crippen LogP contribution is -2.23. The van der Waals surface area contributed by atoms with Crippen LogP contribution in [0.3, 0.4) is 0 Å². The first-order valence-electron chi connectivity index (χ1n) is 5.52. The first-order valence-corrected chi connectivity index (χ1v) is 6.40. The summed E-state index contributed by atoms with van der Waals surface area (Å²) in [7, 11) is 1.85. The maximum Gasteiger partial charge on any atom is 0.271 e. The number of hydrogen-bond acceptors (Lipinski definition) is 5. The van der Waals surface area contributed by atoms with E-state index in [1.807, 2.05) is 20.2 Å².